The third-order valence-electron chi connectivity index (χ3n) is 2.63. The molecule has 0 spiro atoms. The van der Waals surface area contributed by atoms with Crippen molar-refractivity contribution in [3.8, 4) is 0 Å². The highest BCUT2D eigenvalue weighted by molar-refractivity contribution is 7.92. The zero-order valence-electron chi connectivity index (χ0n) is 10.6. The lowest BCUT2D eigenvalue weighted by molar-refractivity contribution is 0.0697. The van der Waals surface area contributed by atoms with E-state index in [1.54, 1.807) is 0 Å². The number of carboxylic acid groups (broad SMARTS) is 1. The number of nitrogens with one attached hydrogen (secondary N) is 1. The highest BCUT2D eigenvalue weighted by Crippen LogP contribution is 2.16. The molecule has 20 heavy (non-hydrogen) atoms. The molecule has 0 unspecified atom stereocenters. The van der Waals surface area contributed by atoms with E-state index >= 15 is 0 Å². The van der Waals surface area contributed by atoms with Gasteiger partial charge in [-0.25, -0.2) is 13.2 Å². The molecule has 0 amide bonds. The molecule has 2 rings (SSSR count). The second-order valence-electron chi connectivity index (χ2n) is 4.02. The molecule has 0 aliphatic rings. The number of hydrogen-bond acceptors (Lipinski definition) is 4. The minimum absolute atomic E-state index is 0.0571. The van der Waals surface area contributed by atoms with Crippen LogP contribution in [-0.2, 0) is 16.6 Å². The van der Waals surface area contributed by atoms with Gasteiger partial charge in [0.1, 0.15) is 4.90 Å². The Morgan fingerprint density at radius 3 is 2.50 bits per heavy atom. The minimum atomic E-state index is -3.72. The number of aromatic nitrogens is 2. The molecule has 1 heterocycles. The summed E-state index contributed by atoms with van der Waals surface area (Å²) in [5.74, 6) is -1.07. The molecule has 8 heteroatoms. The van der Waals surface area contributed by atoms with Gasteiger partial charge in [0, 0.05) is 18.4 Å². The van der Waals surface area contributed by atoms with Crippen LogP contribution in [0, 0.1) is 0 Å². The van der Waals surface area contributed by atoms with Crippen molar-refractivity contribution in [2.75, 3.05) is 4.72 Å². The van der Waals surface area contributed by atoms with E-state index in [0.717, 1.165) is 0 Å². The number of aryl methyl sites for hydroxylation is 1. The second kappa shape index (κ2) is 5.33. The molecule has 1 aromatic carbocycles. The summed E-state index contributed by atoms with van der Waals surface area (Å²) < 4.78 is 28.0. The van der Waals surface area contributed by atoms with E-state index in [9.17, 15) is 13.2 Å². The molecule has 0 atom stereocenters. The fourth-order valence-corrected chi connectivity index (χ4v) is 2.56. The molecule has 0 fully saturated rings. The van der Waals surface area contributed by atoms with Gasteiger partial charge in [-0.15, -0.1) is 0 Å². The summed E-state index contributed by atoms with van der Waals surface area (Å²) in [5, 5.41) is 12.7. The fraction of sp³-hybridized carbons (Fsp3) is 0.167. The molecule has 2 aromatic rings. The van der Waals surface area contributed by atoms with Gasteiger partial charge >= 0.3 is 5.97 Å². The number of sulfonamides is 1. The van der Waals surface area contributed by atoms with Crippen LogP contribution in [0.1, 0.15) is 17.3 Å². The van der Waals surface area contributed by atoms with Gasteiger partial charge in [-0.2, -0.15) is 5.10 Å². The Morgan fingerprint density at radius 2 is 2.00 bits per heavy atom. The summed E-state index contributed by atoms with van der Waals surface area (Å²) >= 11 is 0. The molecule has 0 bridgehead atoms. The third-order valence-corrected chi connectivity index (χ3v) is 3.96. The zero-order valence-corrected chi connectivity index (χ0v) is 11.5. The van der Waals surface area contributed by atoms with Crippen LogP contribution in [0.5, 0.6) is 0 Å². The maximum absolute atomic E-state index is 12.1. The average molecular weight is 295 g/mol. The molecular formula is C12H13N3O4S. The average Bonchev–Trinajstić information content (AvgIpc) is 2.88. The van der Waals surface area contributed by atoms with E-state index in [4.69, 9.17) is 5.11 Å². The molecule has 106 valence electrons. The number of rotatable bonds is 5. The van der Waals surface area contributed by atoms with Crippen LogP contribution in [0.3, 0.4) is 0 Å². The predicted molar refractivity (Wildman–Crippen MR) is 72.1 cm³/mol. The Morgan fingerprint density at radius 1 is 1.35 bits per heavy atom. The number of hydrogen-bond donors (Lipinski definition) is 2. The minimum Gasteiger partial charge on any atom is -0.478 e. The summed E-state index contributed by atoms with van der Waals surface area (Å²) in [7, 11) is -3.72. The van der Waals surface area contributed by atoms with E-state index in [0.29, 0.717) is 12.2 Å². The van der Waals surface area contributed by atoms with Crippen molar-refractivity contribution in [1.29, 1.82) is 0 Å². The van der Waals surface area contributed by atoms with Crippen molar-refractivity contribution in [3.63, 3.8) is 0 Å². The van der Waals surface area contributed by atoms with Crippen molar-refractivity contribution in [2.24, 2.45) is 0 Å². The molecular weight excluding hydrogens is 282 g/mol. The summed E-state index contributed by atoms with van der Waals surface area (Å²) in [5.41, 5.74) is 0.381. The monoisotopic (exact) mass is 295 g/mol. The van der Waals surface area contributed by atoms with Gasteiger partial charge in [-0.1, -0.05) is 0 Å². The third kappa shape index (κ3) is 2.97. The lowest BCUT2D eigenvalue weighted by Gasteiger charge is -2.06. The number of carboxylic acids is 1. The highest BCUT2D eigenvalue weighted by atomic mass is 32.2. The number of aromatic carboxylic acids is 1. The van der Waals surface area contributed by atoms with E-state index in [1.807, 2.05) is 6.92 Å². The number of benzene rings is 1. The van der Waals surface area contributed by atoms with Crippen molar-refractivity contribution < 1.29 is 18.3 Å². The van der Waals surface area contributed by atoms with Gasteiger partial charge in [-0.05, 0) is 31.2 Å². The van der Waals surface area contributed by atoms with Crippen molar-refractivity contribution in [3.05, 3.63) is 42.2 Å². The molecule has 0 saturated heterocycles. The van der Waals surface area contributed by atoms with Gasteiger partial charge in [-0.3, -0.25) is 9.40 Å². The zero-order chi connectivity index (χ0) is 14.8. The molecule has 1 aromatic heterocycles. The predicted octanol–water partition coefficient (Wildman–Crippen LogP) is 1.40. The summed E-state index contributed by atoms with van der Waals surface area (Å²) in [6.45, 7) is 2.42. The van der Waals surface area contributed by atoms with Crippen molar-refractivity contribution in [1.82, 2.24) is 9.78 Å². The van der Waals surface area contributed by atoms with Crippen LogP contribution < -0.4 is 4.72 Å². The molecule has 7 nitrogen and oxygen atoms in total. The summed E-state index contributed by atoms with van der Waals surface area (Å²) in [4.78, 5) is 10.8. The Balaban J connectivity index is 2.21. The van der Waals surface area contributed by atoms with Gasteiger partial charge in [0.25, 0.3) is 10.0 Å². The first-order valence-electron chi connectivity index (χ1n) is 5.81. The fourth-order valence-electron chi connectivity index (χ4n) is 1.55. The van der Waals surface area contributed by atoms with E-state index < -0.39 is 16.0 Å². The SMILES string of the molecule is CCn1cc(S(=O)(=O)Nc2ccc(C(=O)O)cc2)cn1. The van der Waals surface area contributed by atoms with Crippen molar-refractivity contribution >= 4 is 21.7 Å². The summed E-state index contributed by atoms with van der Waals surface area (Å²) in [6.07, 6.45) is 2.69. The maximum atomic E-state index is 12.1. The van der Waals surface area contributed by atoms with Gasteiger partial charge < -0.3 is 5.11 Å². The lowest BCUT2D eigenvalue weighted by atomic mass is 10.2. The van der Waals surface area contributed by atoms with Gasteiger partial charge in [0.15, 0.2) is 0 Å². The Labute approximate surface area is 115 Å². The number of nitrogens with zero attached hydrogens (tertiary/aromatic N) is 2. The van der Waals surface area contributed by atoms with E-state index in [-0.39, 0.29) is 10.5 Å². The highest BCUT2D eigenvalue weighted by Gasteiger charge is 2.16. The quantitative estimate of drug-likeness (QED) is 0.868. The van der Waals surface area contributed by atoms with Gasteiger partial charge in [0.2, 0.25) is 0 Å². The molecule has 0 aliphatic heterocycles. The van der Waals surface area contributed by atoms with Gasteiger partial charge in [0.05, 0.1) is 11.8 Å². The number of carbonyl (C=O) groups is 1. The maximum Gasteiger partial charge on any atom is 0.335 e. The first-order chi connectivity index (χ1) is 9.42. The van der Waals surface area contributed by atoms with E-state index in [1.165, 1.54) is 41.3 Å². The van der Waals surface area contributed by atoms with Crippen LogP contribution in [0.25, 0.3) is 0 Å². The first-order valence-corrected chi connectivity index (χ1v) is 7.29. The Bertz CT molecular complexity index is 719. The lowest BCUT2D eigenvalue weighted by Crippen LogP contribution is -2.12. The Hall–Kier alpha value is -2.35. The molecule has 0 saturated carbocycles. The van der Waals surface area contributed by atoms with E-state index in [2.05, 4.69) is 9.82 Å². The standard InChI is InChI=1S/C12H13N3O4S/c1-2-15-8-11(7-13-15)20(18,19)14-10-5-3-9(4-6-10)12(16)17/h3-8,14H,2H2,1H3,(H,16,17). The van der Waals surface area contributed by atoms with Crippen molar-refractivity contribution in [2.45, 2.75) is 18.4 Å². The van der Waals surface area contributed by atoms with Crippen LogP contribution in [-0.4, -0.2) is 29.3 Å². The smallest absolute Gasteiger partial charge is 0.335 e. The topological polar surface area (TPSA) is 101 Å². The molecule has 0 aliphatic carbocycles. The van der Waals surface area contributed by atoms with Crippen LogP contribution in [0.4, 0.5) is 5.69 Å². The van der Waals surface area contributed by atoms with Crippen LogP contribution in [0.15, 0.2) is 41.6 Å². The number of anilines is 1. The summed E-state index contributed by atoms with van der Waals surface area (Å²) in [6, 6.07) is 5.45. The van der Waals surface area contributed by atoms with Crippen LogP contribution in [0.2, 0.25) is 0 Å². The Kier molecular flexibility index (Phi) is 3.75. The molecule has 0 radical (unpaired) electrons. The second-order valence-corrected chi connectivity index (χ2v) is 5.70. The van der Waals surface area contributed by atoms with Crippen LogP contribution >= 0.6 is 0 Å². The molecule has 2 N–H and O–H groups in total. The normalized spacial score (nSPS) is 11.2. The largest absolute Gasteiger partial charge is 0.478 e. The first kappa shape index (κ1) is 14.1.